The highest BCUT2D eigenvalue weighted by atomic mass is 32.2. The zero-order valence-corrected chi connectivity index (χ0v) is 17.3. The Labute approximate surface area is 161 Å². The Morgan fingerprint density at radius 3 is 2.11 bits per heavy atom. The van der Waals surface area contributed by atoms with E-state index in [1.54, 1.807) is 13.8 Å². The third kappa shape index (κ3) is 6.39. The van der Waals surface area contributed by atoms with E-state index in [2.05, 4.69) is 10.6 Å². The van der Waals surface area contributed by atoms with Gasteiger partial charge in [-0.05, 0) is 27.7 Å². The number of imide groups is 1. The number of hydrogen-bond acceptors (Lipinski definition) is 6. The first-order valence-corrected chi connectivity index (χ1v) is 10.7. The number of morpholine rings is 1. The molecule has 2 aliphatic rings. The standard InChI is InChI=1S/C16H31N5O5S/c1-12(2)17-16(23)18-15(22)11-19-5-7-20(8-6-19)27(24,25)21-9-13(3)26-14(4)10-21/h12-14H,5-11H2,1-4H3,(H2,17,18,22,23). The molecule has 0 aromatic rings. The van der Waals surface area contributed by atoms with E-state index in [0.717, 1.165) is 0 Å². The molecule has 11 heteroatoms. The van der Waals surface area contributed by atoms with Gasteiger partial charge in [0.25, 0.3) is 10.2 Å². The van der Waals surface area contributed by atoms with Crippen LogP contribution in [0.5, 0.6) is 0 Å². The van der Waals surface area contributed by atoms with E-state index >= 15 is 0 Å². The number of carbonyl (C=O) groups is 2. The van der Waals surface area contributed by atoms with Crippen LogP contribution in [0.4, 0.5) is 4.79 Å². The molecule has 0 spiro atoms. The van der Waals surface area contributed by atoms with Gasteiger partial charge in [0, 0.05) is 45.3 Å². The van der Waals surface area contributed by atoms with Crippen molar-refractivity contribution in [2.24, 2.45) is 0 Å². The van der Waals surface area contributed by atoms with Crippen LogP contribution in [-0.4, -0.2) is 97.9 Å². The smallest absolute Gasteiger partial charge is 0.321 e. The van der Waals surface area contributed by atoms with E-state index in [9.17, 15) is 18.0 Å². The van der Waals surface area contributed by atoms with Gasteiger partial charge in [-0.15, -0.1) is 0 Å². The summed E-state index contributed by atoms with van der Waals surface area (Å²) in [7, 11) is -3.54. The van der Waals surface area contributed by atoms with E-state index in [-0.39, 0.29) is 24.8 Å². The SMILES string of the molecule is CC(C)NC(=O)NC(=O)CN1CCN(S(=O)(=O)N2CC(C)OC(C)C2)CC1. The van der Waals surface area contributed by atoms with E-state index in [0.29, 0.717) is 39.3 Å². The maximum atomic E-state index is 12.9. The normalized spacial score (nSPS) is 26.1. The molecule has 2 heterocycles. The van der Waals surface area contributed by atoms with Gasteiger partial charge in [0.15, 0.2) is 0 Å². The van der Waals surface area contributed by atoms with Gasteiger partial charge in [-0.3, -0.25) is 15.0 Å². The van der Waals surface area contributed by atoms with Gasteiger partial charge in [-0.25, -0.2) is 4.79 Å². The van der Waals surface area contributed by atoms with Gasteiger partial charge in [0.1, 0.15) is 0 Å². The molecule has 10 nitrogen and oxygen atoms in total. The van der Waals surface area contributed by atoms with Crippen LogP contribution >= 0.6 is 0 Å². The van der Waals surface area contributed by atoms with Gasteiger partial charge >= 0.3 is 6.03 Å². The molecular weight excluding hydrogens is 374 g/mol. The van der Waals surface area contributed by atoms with E-state index in [4.69, 9.17) is 4.74 Å². The topological polar surface area (TPSA) is 111 Å². The summed E-state index contributed by atoms with van der Waals surface area (Å²) in [6.45, 7) is 9.60. The average Bonchev–Trinajstić information content (AvgIpc) is 2.53. The Hall–Kier alpha value is -1.27. The second kappa shape index (κ2) is 9.28. The van der Waals surface area contributed by atoms with Crippen molar-refractivity contribution in [3.05, 3.63) is 0 Å². The first kappa shape index (κ1) is 22.0. The van der Waals surface area contributed by atoms with Crippen molar-refractivity contribution < 1.29 is 22.7 Å². The fourth-order valence-corrected chi connectivity index (χ4v) is 5.02. The van der Waals surface area contributed by atoms with Gasteiger partial charge in [0.05, 0.1) is 18.8 Å². The molecular formula is C16H31N5O5S. The summed E-state index contributed by atoms with van der Waals surface area (Å²) >= 11 is 0. The Morgan fingerprint density at radius 1 is 1.04 bits per heavy atom. The van der Waals surface area contributed by atoms with Gasteiger partial charge in [0.2, 0.25) is 5.91 Å². The molecule has 27 heavy (non-hydrogen) atoms. The molecule has 2 aliphatic heterocycles. The number of nitrogens with zero attached hydrogens (tertiary/aromatic N) is 3. The second-order valence-corrected chi connectivity index (χ2v) is 9.36. The van der Waals surface area contributed by atoms with Crippen LogP contribution in [0.1, 0.15) is 27.7 Å². The minimum atomic E-state index is -3.54. The molecule has 2 N–H and O–H groups in total. The number of nitrogens with one attached hydrogen (secondary N) is 2. The van der Waals surface area contributed by atoms with Crippen LogP contribution in [0, 0.1) is 0 Å². The van der Waals surface area contributed by atoms with Crippen molar-refractivity contribution in [2.45, 2.75) is 45.9 Å². The zero-order chi connectivity index (χ0) is 20.2. The summed E-state index contributed by atoms with van der Waals surface area (Å²) in [5, 5.41) is 4.87. The minimum Gasteiger partial charge on any atom is -0.373 e. The summed E-state index contributed by atoms with van der Waals surface area (Å²) in [5.41, 5.74) is 0. The van der Waals surface area contributed by atoms with Crippen LogP contribution in [0.25, 0.3) is 0 Å². The third-order valence-corrected chi connectivity index (χ3v) is 6.38. The fourth-order valence-electron chi connectivity index (χ4n) is 3.27. The lowest BCUT2D eigenvalue weighted by Crippen LogP contribution is -2.58. The maximum absolute atomic E-state index is 12.9. The van der Waals surface area contributed by atoms with Gasteiger partial charge < -0.3 is 10.1 Å². The van der Waals surface area contributed by atoms with Crippen molar-refractivity contribution >= 4 is 22.1 Å². The Kier molecular flexibility index (Phi) is 7.57. The van der Waals surface area contributed by atoms with Crippen molar-refractivity contribution in [3.63, 3.8) is 0 Å². The van der Waals surface area contributed by atoms with E-state index < -0.39 is 22.1 Å². The summed E-state index contributed by atoms with van der Waals surface area (Å²) in [6.07, 6.45) is -0.268. The number of ether oxygens (including phenoxy) is 1. The van der Waals surface area contributed by atoms with Gasteiger partial charge in [-0.2, -0.15) is 17.0 Å². The minimum absolute atomic E-state index is 0.0582. The number of rotatable bonds is 5. The third-order valence-electron chi connectivity index (χ3n) is 4.41. The molecule has 0 radical (unpaired) electrons. The largest absolute Gasteiger partial charge is 0.373 e. The number of amides is 3. The molecule has 0 aromatic carbocycles. The highest BCUT2D eigenvalue weighted by Gasteiger charge is 2.36. The number of hydrogen-bond donors (Lipinski definition) is 2. The predicted octanol–water partition coefficient (Wildman–Crippen LogP) is -0.808. The molecule has 0 aromatic heterocycles. The molecule has 0 bridgehead atoms. The van der Waals surface area contributed by atoms with E-state index in [1.165, 1.54) is 8.61 Å². The number of carbonyl (C=O) groups excluding carboxylic acids is 2. The molecule has 2 atom stereocenters. The van der Waals surface area contributed by atoms with Crippen LogP contribution < -0.4 is 10.6 Å². The molecule has 2 rings (SSSR count). The van der Waals surface area contributed by atoms with Crippen LogP contribution in [0.15, 0.2) is 0 Å². The zero-order valence-electron chi connectivity index (χ0n) is 16.5. The van der Waals surface area contributed by atoms with E-state index in [1.807, 2.05) is 18.7 Å². The van der Waals surface area contributed by atoms with Crippen molar-refractivity contribution in [1.29, 1.82) is 0 Å². The lowest BCUT2D eigenvalue weighted by Gasteiger charge is -2.40. The summed E-state index contributed by atoms with van der Waals surface area (Å²) in [6, 6.07) is -0.580. The fraction of sp³-hybridized carbons (Fsp3) is 0.875. The molecule has 2 unspecified atom stereocenters. The highest BCUT2D eigenvalue weighted by Crippen LogP contribution is 2.18. The average molecular weight is 406 g/mol. The molecule has 156 valence electrons. The molecule has 0 saturated carbocycles. The van der Waals surface area contributed by atoms with Gasteiger partial charge in [-0.1, -0.05) is 0 Å². The van der Waals surface area contributed by atoms with Crippen molar-refractivity contribution in [1.82, 2.24) is 24.1 Å². The highest BCUT2D eigenvalue weighted by molar-refractivity contribution is 7.86. The van der Waals surface area contributed by atoms with Crippen LogP contribution in [0.2, 0.25) is 0 Å². The Morgan fingerprint density at radius 2 is 1.59 bits per heavy atom. The van der Waals surface area contributed by atoms with Crippen LogP contribution in [0.3, 0.4) is 0 Å². The van der Waals surface area contributed by atoms with Crippen molar-refractivity contribution in [3.8, 4) is 0 Å². The maximum Gasteiger partial charge on any atom is 0.321 e. The monoisotopic (exact) mass is 405 g/mol. The predicted molar refractivity (Wildman–Crippen MR) is 100 cm³/mol. The first-order valence-electron chi connectivity index (χ1n) is 9.31. The number of urea groups is 1. The second-order valence-electron chi connectivity index (χ2n) is 7.43. The first-order chi connectivity index (χ1) is 12.6. The molecule has 2 saturated heterocycles. The molecule has 3 amide bonds. The van der Waals surface area contributed by atoms with Crippen LogP contribution in [-0.2, 0) is 19.7 Å². The van der Waals surface area contributed by atoms with Crippen molar-refractivity contribution in [2.75, 3.05) is 45.8 Å². The Bertz CT molecular complexity index is 623. The number of piperazine rings is 1. The summed E-state index contributed by atoms with van der Waals surface area (Å²) in [5.74, 6) is -0.403. The lowest BCUT2D eigenvalue weighted by molar-refractivity contribution is -0.121. The lowest BCUT2D eigenvalue weighted by atomic mass is 10.3. The Balaban J connectivity index is 1.82. The molecule has 2 fully saturated rings. The molecule has 0 aliphatic carbocycles. The summed E-state index contributed by atoms with van der Waals surface area (Å²) in [4.78, 5) is 25.3. The summed E-state index contributed by atoms with van der Waals surface area (Å²) < 4.78 is 34.2. The quantitative estimate of drug-likeness (QED) is 0.619.